The molecule has 2 aromatic carbocycles. The van der Waals surface area contributed by atoms with Crippen LogP contribution in [0.15, 0.2) is 48.5 Å². The predicted octanol–water partition coefficient (Wildman–Crippen LogP) is 3.23. The molecule has 0 heterocycles. The van der Waals surface area contributed by atoms with Crippen molar-refractivity contribution in [2.24, 2.45) is 0 Å². The number of benzene rings is 2. The fourth-order valence-corrected chi connectivity index (χ4v) is 2.09. The van der Waals surface area contributed by atoms with E-state index in [9.17, 15) is 9.59 Å². The Morgan fingerprint density at radius 3 is 2.04 bits per heavy atom. The highest BCUT2D eigenvalue weighted by atomic mass is 16.5. The molecule has 0 atom stereocenters. The van der Waals surface area contributed by atoms with Gasteiger partial charge in [-0.2, -0.15) is 0 Å². The minimum absolute atomic E-state index is 0.0556. The standard InChI is InChI=1S/C18H18O5/c1-3-22-17(19)14-9-5-6-10-15(14)18(20)23-12-13-8-4-7-11-16(13)21-2/h4-11H,3,12H2,1-2H3. The van der Waals surface area contributed by atoms with Crippen LogP contribution in [0.25, 0.3) is 0 Å². The van der Waals surface area contributed by atoms with Crippen molar-refractivity contribution in [2.75, 3.05) is 13.7 Å². The quantitative estimate of drug-likeness (QED) is 0.766. The average molecular weight is 314 g/mol. The molecule has 0 saturated heterocycles. The molecule has 0 radical (unpaired) electrons. The number of ether oxygens (including phenoxy) is 3. The molecule has 0 aromatic heterocycles. The average Bonchev–Trinajstić information content (AvgIpc) is 2.60. The number of carbonyl (C=O) groups excluding carboxylic acids is 2. The fourth-order valence-electron chi connectivity index (χ4n) is 2.09. The van der Waals surface area contributed by atoms with Gasteiger partial charge in [-0.25, -0.2) is 9.59 Å². The van der Waals surface area contributed by atoms with Crippen molar-refractivity contribution in [3.8, 4) is 5.75 Å². The second-order valence-electron chi connectivity index (χ2n) is 4.65. The van der Waals surface area contributed by atoms with Gasteiger partial charge in [0.05, 0.1) is 24.8 Å². The molecule has 0 amide bonds. The lowest BCUT2D eigenvalue weighted by molar-refractivity contribution is 0.0443. The van der Waals surface area contributed by atoms with Gasteiger partial charge in [-0.15, -0.1) is 0 Å². The highest BCUT2D eigenvalue weighted by molar-refractivity contribution is 6.03. The van der Waals surface area contributed by atoms with Gasteiger partial charge in [-0.05, 0) is 25.1 Å². The van der Waals surface area contributed by atoms with Crippen LogP contribution < -0.4 is 4.74 Å². The third kappa shape index (κ3) is 4.10. The maximum atomic E-state index is 12.3. The molecule has 0 N–H and O–H groups in total. The topological polar surface area (TPSA) is 61.8 Å². The molecule has 0 bridgehead atoms. The summed E-state index contributed by atoms with van der Waals surface area (Å²) in [6, 6.07) is 13.7. The molecule has 0 aliphatic carbocycles. The van der Waals surface area contributed by atoms with Gasteiger partial charge in [-0.3, -0.25) is 0 Å². The highest BCUT2D eigenvalue weighted by Gasteiger charge is 2.19. The molecule has 0 aliphatic rings. The van der Waals surface area contributed by atoms with Crippen LogP contribution in [0.5, 0.6) is 5.75 Å². The number of esters is 2. The number of hydrogen-bond donors (Lipinski definition) is 0. The first-order chi connectivity index (χ1) is 11.2. The Morgan fingerprint density at radius 1 is 0.870 bits per heavy atom. The summed E-state index contributed by atoms with van der Waals surface area (Å²) in [5, 5.41) is 0. The molecule has 0 unspecified atom stereocenters. The number of carbonyl (C=O) groups is 2. The molecular formula is C18H18O5. The normalized spacial score (nSPS) is 10.0. The van der Waals surface area contributed by atoms with Gasteiger partial charge in [-0.1, -0.05) is 30.3 Å². The third-order valence-electron chi connectivity index (χ3n) is 3.19. The summed E-state index contributed by atoms with van der Waals surface area (Å²) < 4.78 is 15.5. The van der Waals surface area contributed by atoms with Crippen molar-refractivity contribution in [3.63, 3.8) is 0 Å². The van der Waals surface area contributed by atoms with Crippen LogP contribution in [0.3, 0.4) is 0 Å². The second kappa shape index (κ2) is 7.98. The molecule has 5 heteroatoms. The van der Waals surface area contributed by atoms with Crippen molar-refractivity contribution in [1.82, 2.24) is 0 Å². The van der Waals surface area contributed by atoms with E-state index in [1.165, 1.54) is 12.1 Å². The first kappa shape index (κ1) is 16.5. The van der Waals surface area contributed by atoms with Crippen LogP contribution in [-0.2, 0) is 16.1 Å². The maximum absolute atomic E-state index is 12.3. The first-order valence-electron chi connectivity index (χ1n) is 7.22. The fraction of sp³-hybridized carbons (Fsp3) is 0.222. The number of para-hydroxylation sites is 1. The van der Waals surface area contributed by atoms with Gasteiger partial charge in [0.1, 0.15) is 12.4 Å². The molecule has 0 spiro atoms. The Kier molecular flexibility index (Phi) is 5.74. The van der Waals surface area contributed by atoms with Gasteiger partial charge in [0.25, 0.3) is 0 Å². The molecule has 0 saturated carbocycles. The Balaban J connectivity index is 2.14. The Morgan fingerprint density at radius 2 is 1.43 bits per heavy atom. The van der Waals surface area contributed by atoms with E-state index in [0.29, 0.717) is 5.75 Å². The van der Waals surface area contributed by atoms with E-state index in [1.807, 2.05) is 18.2 Å². The van der Waals surface area contributed by atoms with Crippen LogP contribution in [0.4, 0.5) is 0 Å². The summed E-state index contributed by atoms with van der Waals surface area (Å²) in [6.07, 6.45) is 0. The van der Waals surface area contributed by atoms with Crippen LogP contribution in [0.1, 0.15) is 33.2 Å². The van der Waals surface area contributed by atoms with Gasteiger partial charge in [0.2, 0.25) is 0 Å². The van der Waals surface area contributed by atoms with Crippen molar-refractivity contribution in [2.45, 2.75) is 13.5 Å². The zero-order valence-corrected chi connectivity index (χ0v) is 13.1. The molecule has 120 valence electrons. The summed E-state index contributed by atoms with van der Waals surface area (Å²) in [5.74, 6) is -0.490. The highest BCUT2D eigenvalue weighted by Crippen LogP contribution is 2.19. The molecule has 2 aromatic rings. The van der Waals surface area contributed by atoms with E-state index in [1.54, 1.807) is 32.2 Å². The monoisotopic (exact) mass is 314 g/mol. The molecular weight excluding hydrogens is 296 g/mol. The summed E-state index contributed by atoms with van der Waals surface area (Å²) in [6.45, 7) is 2.00. The van der Waals surface area contributed by atoms with Crippen molar-refractivity contribution >= 4 is 11.9 Å². The van der Waals surface area contributed by atoms with Crippen LogP contribution in [0, 0.1) is 0 Å². The number of methoxy groups -OCH3 is 1. The van der Waals surface area contributed by atoms with E-state index >= 15 is 0 Å². The lowest BCUT2D eigenvalue weighted by Crippen LogP contribution is -2.14. The molecule has 5 nitrogen and oxygen atoms in total. The lowest BCUT2D eigenvalue weighted by Gasteiger charge is -2.11. The molecule has 0 aliphatic heterocycles. The summed E-state index contributed by atoms with van der Waals surface area (Å²) in [5.41, 5.74) is 1.12. The third-order valence-corrected chi connectivity index (χ3v) is 3.19. The maximum Gasteiger partial charge on any atom is 0.339 e. The summed E-state index contributed by atoms with van der Waals surface area (Å²) in [7, 11) is 1.55. The predicted molar refractivity (Wildman–Crippen MR) is 84.5 cm³/mol. The smallest absolute Gasteiger partial charge is 0.339 e. The van der Waals surface area contributed by atoms with Gasteiger partial charge >= 0.3 is 11.9 Å². The summed E-state index contributed by atoms with van der Waals surface area (Å²) >= 11 is 0. The van der Waals surface area contributed by atoms with E-state index < -0.39 is 11.9 Å². The van der Waals surface area contributed by atoms with Crippen LogP contribution in [-0.4, -0.2) is 25.7 Å². The zero-order chi connectivity index (χ0) is 16.7. The van der Waals surface area contributed by atoms with E-state index in [2.05, 4.69) is 0 Å². The largest absolute Gasteiger partial charge is 0.496 e. The van der Waals surface area contributed by atoms with Crippen LogP contribution >= 0.6 is 0 Å². The molecule has 23 heavy (non-hydrogen) atoms. The second-order valence-corrected chi connectivity index (χ2v) is 4.65. The first-order valence-corrected chi connectivity index (χ1v) is 7.22. The zero-order valence-electron chi connectivity index (χ0n) is 13.1. The van der Waals surface area contributed by atoms with Crippen molar-refractivity contribution < 1.29 is 23.8 Å². The minimum Gasteiger partial charge on any atom is -0.496 e. The van der Waals surface area contributed by atoms with E-state index in [-0.39, 0.29) is 24.3 Å². The number of rotatable bonds is 6. The SMILES string of the molecule is CCOC(=O)c1ccccc1C(=O)OCc1ccccc1OC. The van der Waals surface area contributed by atoms with Crippen LogP contribution in [0.2, 0.25) is 0 Å². The van der Waals surface area contributed by atoms with Gasteiger partial charge in [0, 0.05) is 5.56 Å². The van der Waals surface area contributed by atoms with Crippen molar-refractivity contribution in [3.05, 3.63) is 65.2 Å². The Hall–Kier alpha value is -2.82. The van der Waals surface area contributed by atoms with Gasteiger partial charge < -0.3 is 14.2 Å². The molecule has 2 rings (SSSR count). The Bertz CT molecular complexity index is 693. The van der Waals surface area contributed by atoms with E-state index in [0.717, 1.165) is 5.56 Å². The summed E-state index contributed by atoms with van der Waals surface area (Å²) in [4.78, 5) is 24.2. The lowest BCUT2D eigenvalue weighted by atomic mass is 10.1. The number of hydrogen-bond acceptors (Lipinski definition) is 5. The van der Waals surface area contributed by atoms with Gasteiger partial charge in [0.15, 0.2) is 0 Å². The van der Waals surface area contributed by atoms with Crippen molar-refractivity contribution in [1.29, 1.82) is 0 Å². The van der Waals surface area contributed by atoms with E-state index in [4.69, 9.17) is 14.2 Å². The molecule has 0 fully saturated rings. The minimum atomic E-state index is -0.584. The Labute approximate surface area is 134 Å².